The van der Waals surface area contributed by atoms with Gasteiger partial charge in [0.2, 0.25) is 5.82 Å². The molecule has 0 spiro atoms. The van der Waals surface area contributed by atoms with E-state index in [1.807, 2.05) is 24.3 Å². The molecule has 98 valence electrons. The number of aromatic nitrogens is 2. The Hall–Kier alpha value is -2.18. The Morgan fingerprint density at radius 1 is 1.32 bits per heavy atom. The zero-order valence-electron chi connectivity index (χ0n) is 10.1. The minimum Gasteiger partial charge on any atom is -0.464 e. The predicted molar refractivity (Wildman–Crippen MR) is 68.1 cm³/mol. The maximum Gasteiger partial charge on any atom is 0.255 e. The van der Waals surface area contributed by atoms with Crippen LogP contribution < -0.4 is 5.73 Å². The summed E-state index contributed by atoms with van der Waals surface area (Å²) in [6, 6.07) is 7.58. The molecule has 3 rings (SSSR count). The third-order valence-corrected chi connectivity index (χ3v) is 2.89. The van der Waals surface area contributed by atoms with Crippen molar-refractivity contribution in [3.05, 3.63) is 36.4 Å². The summed E-state index contributed by atoms with van der Waals surface area (Å²) in [6.45, 7) is 0.355. The highest BCUT2D eigenvalue weighted by molar-refractivity contribution is 5.91. The van der Waals surface area contributed by atoms with Gasteiger partial charge in [-0.15, -0.1) is 0 Å². The van der Waals surface area contributed by atoms with E-state index in [0.717, 1.165) is 16.5 Å². The summed E-state index contributed by atoms with van der Waals surface area (Å²) >= 11 is 0. The van der Waals surface area contributed by atoms with E-state index in [1.54, 1.807) is 6.26 Å². The van der Waals surface area contributed by atoms with Gasteiger partial charge in [0.25, 0.3) is 5.89 Å². The highest BCUT2D eigenvalue weighted by Crippen LogP contribution is 2.29. The van der Waals surface area contributed by atoms with Crippen molar-refractivity contribution < 1.29 is 14.0 Å². The third kappa shape index (κ3) is 2.11. The quantitative estimate of drug-likeness (QED) is 0.742. The van der Waals surface area contributed by atoms with Gasteiger partial charge in [0.15, 0.2) is 0 Å². The summed E-state index contributed by atoms with van der Waals surface area (Å²) in [5, 5.41) is 14.5. The zero-order valence-corrected chi connectivity index (χ0v) is 10.1. The molecule has 6 nitrogen and oxygen atoms in total. The molecule has 6 heteroatoms. The number of fused-ring (bicyclic) bond motifs is 1. The molecule has 0 saturated carbocycles. The fourth-order valence-corrected chi connectivity index (χ4v) is 1.91. The van der Waals surface area contributed by atoms with Crippen molar-refractivity contribution in [1.82, 2.24) is 10.1 Å². The van der Waals surface area contributed by atoms with Crippen molar-refractivity contribution in [2.45, 2.75) is 12.5 Å². The molecule has 0 aliphatic heterocycles. The summed E-state index contributed by atoms with van der Waals surface area (Å²) in [6.07, 6.45) is 1.13. The van der Waals surface area contributed by atoms with E-state index in [2.05, 4.69) is 10.1 Å². The molecule has 0 saturated heterocycles. The van der Waals surface area contributed by atoms with Crippen molar-refractivity contribution in [2.24, 2.45) is 5.73 Å². The standard InChI is InChI=1S/C13H13N3O3/c14-6-5-10(17)13-15-12(16-19-13)9-7-18-11-4-2-1-3-8(9)11/h1-4,7,10,17H,5-6,14H2/t10-/m0/s1. The number of aliphatic hydroxyl groups is 1. The molecule has 19 heavy (non-hydrogen) atoms. The van der Waals surface area contributed by atoms with Crippen molar-refractivity contribution in [3.8, 4) is 11.4 Å². The van der Waals surface area contributed by atoms with Crippen LogP contribution in [0.15, 0.2) is 39.5 Å². The highest BCUT2D eigenvalue weighted by Gasteiger charge is 2.18. The van der Waals surface area contributed by atoms with Crippen molar-refractivity contribution in [3.63, 3.8) is 0 Å². The fraction of sp³-hybridized carbons (Fsp3) is 0.231. The molecule has 3 aromatic rings. The minimum absolute atomic E-state index is 0.172. The number of furan rings is 1. The second kappa shape index (κ2) is 4.83. The van der Waals surface area contributed by atoms with Gasteiger partial charge in [0, 0.05) is 5.39 Å². The van der Waals surface area contributed by atoms with E-state index in [4.69, 9.17) is 14.7 Å². The van der Waals surface area contributed by atoms with Crippen LogP contribution >= 0.6 is 0 Å². The molecule has 0 unspecified atom stereocenters. The topological polar surface area (TPSA) is 98.3 Å². The Balaban J connectivity index is 1.98. The summed E-state index contributed by atoms with van der Waals surface area (Å²) in [5.41, 5.74) is 6.87. The molecule has 2 aromatic heterocycles. The Morgan fingerprint density at radius 2 is 2.16 bits per heavy atom. The molecular formula is C13H13N3O3. The Morgan fingerprint density at radius 3 is 3.00 bits per heavy atom. The van der Waals surface area contributed by atoms with Crippen LogP contribution in [-0.4, -0.2) is 21.8 Å². The van der Waals surface area contributed by atoms with Crippen molar-refractivity contribution >= 4 is 11.0 Å². The van der Waals surface area contributed by atoms with Crippen molar-refractivity contribution in [1.29, 1.82) is 0 Å². The monoisotopic (exact) mass is 259 g/mol. The van der Waals surface area contributed by atoms with E-state index in [1.165, 1.54) is 0 Å². The minimum atomic E-state index is -0.829. The first kappa shape index (κ1) is 11.9. The van der Waals surface area contributed by atoms with E-state index < -0.39 is 6.10 Å². The Labute approximate surface area is 108 Å². The summed E-state index contributed by atoms with van der Waals surface area (Å²) < 4.78 is 10.5. The summed E-state index contributed by atoms with van der Waals surface area (Å²) in [7, 11) is 0. The number of nitrogens with zero attached hydrogens (tertiary/aromatic N) is 2. The van der Waals surface area contributed by atoms with Crippen LogP contribution in [0, 0.1) is 0 Å². The molecule has 0 bridgehead atoms. The van der Waals surface area contributed by atoms with Crippen LogP contribution in [0.2, 0.25) is 0 Å². The first-order chi connectivity index (χ1) is 9.29. The number of rotatable bonds is 4. The van der Waals surface area contributed by atoms with Gasteiger partial charge in [-0.1, -0.05) is 23.4 Å². The number of benzene rings is 1. The van der Waals surface area contributed by atoms with Crippen molar-refractivity contribution in [2.75, 3.05) is 6.54 Å². The zero-order chi connectivity index (χ0) is 13.2. The lowest BCUT2D eigenvalue weighted by Crippen LogP contribution is -2.06. The van der Waals surface area contributed by atoms with Gasteiger partial charge in [0.05, 0.1) is 5.56 Å². The van der Waals surface area contributed by atoms with E-state index >= 15 is 0 Å². The molecule has 1 aromatic carbocycles. The van der Waals surface area contributed by atoms with Crippen LogP contribution in [0.1, 0.15) is 18.4 Å². The van der Waals surface area contributed by atoms with Gasteiger partial charge >= 0.3 is 0 Å². The van der Waals surface area contributed by atoms with Crippen LogP contribution in [0.5, 0.6) is 0 Å². The summed E-state index contributed by atoms with van der Waals surface area (Å²) in [4.78, 5) is 4.18. The smallest absolute Gasteiger partial charge is 0.255 e. The Kier molecular flexibility index (Phi) is 3.02. The van der Waals surface area contributed by atoms with E-state index in [9.17, 15) is 5.11 Å². The van der Waals surface area contributed by atoms with Crippen LogP contribution in [0.3, 0.4) is 0 Å². The van der Waals surface area contributed by atoms with Crippen LogP contribution in [0.4, 0.5) is 0 Å². The van der Waals surface area contributed by atoms with E-state index in [0.29, 0.717) is 18.8 Å². The second-order valence-corrected chi connectivity index (χ2v) is 4.19. The molecule has 1 atom stereocenters. The lowest BCUT2D eigenvalue weighted by Gasteiger charge is -2.00. The van der Waals surface area contributed by atoms with E-state index in [-0.39, 0.29) is 5.89 Å². The Bertz CT molecular complexity index is 689. The SMILES string of the molecule is NCC[C@H](O)c1nc(-c2coc3ccccc23)no1. The lowest BCUT2D eigenvalue weighted by molar-refractivity contribution is 0.127. The summed E-state index contributed by atoms with van der Waals surface area (Å²) in [5.74, 6) is 0.571. The average molecular weight is 259 g/mol. The van der Waals surface area contributed by atoms with Gasteiger partial charge in [0.1, 0.15) is 18.0 Å². The fourth-order valence-electron chi connectivity index (χ4n) is 1.91. The number of hydrogen-bond donors (Lipinski definition) is 2. The second-order valence-electron chi connectivity index (χ2n) is 4.19. The predicted octanol–water partition coefficient (Wildman–Crippen LogP) is 1.87. The molecule has 0 radical (unpaired) electrons. The third-order valence-electron chi connectivity index (χ3n) is 2.89. The number of hydrogen-bond acceptors (Lipinski definition) is 6. The lowest BCUT2D eigenvalue weighted by atomic mass is 10.2. The van der Waals surface area contributed by atoms with Gasteiger partial charge < -0.3 is 19.8 Å². The molecule has 0 aliphatic rings. The van der Waals surface area contributed by atoms with Gasteiger partial charge in [-0.05, 0) is 19.0 Å². The maximum absolute atomic E-state index is 9.74. The number of aliphatic hydroxyl groups excluding tert-OH is 1. The van der Waals surface area contributed by atoms with Gasteiger partial charge in [-0.25, -0.2) is 0 Å². The van der Waals surface area contributed by atoms with Gasteiger partial charge in [-0.3, -0.25) is 0 Å². The molecule has 0 amide bonds. The molecule has 3 N–H and O–H groups in total. The normalized spacial score (nSPS) is 12.9. The van der Waals surface area contributed by atoms with Gasteiger partial charge in [-0.2, -0.15) is 4.98 Å². The van der Waals surface area contributed by atoms with Crippen LogP contribution in [0.25, 0.3) is 22.4 Å². The molecular weight excluding hydrogens is 246 g/mol. The maximum atomic E-state index is 9.74. The number of para-hydroxylation sites is 1. The molecule has 2 heterocycles. The highest BCUT2D eigenvalue weighted by atomic mass is 16.5. The molecule has 0 fully saturated rings. The average Bonchev–Trinajstić information content (AvgIpc) is 3.05. The largest absolute Gasteiger partial charge is 0.464 e. The van der Waals surface area contributed by atoms with Crippen LogP contribution in [-0.2, 0) is 0 Å². The number of nitrogens with two attached hydrogens (primary N) is 1. The molecule has 0 aliphatic carbocycles. The first-order valence-corrected chi connectivity index (χ1v) is 5.98. The first-order valence-electron chi connectivity index (χ1n) is 5.98.